The van der Waals surface area contributed by atoms with Gasteiger partial charge in [0, 0.05) is 19.0 Å². The molecule has 0 radical (unpaired) electrons. The van der Waals surface area contributed by atoms with E-state index in [4.69, 9.17) is 10.9 Å². The number of hydrogen-bond acceptors (Lipinski definition) is 4. The molecule has 20 heavy (non-hydrogen) atoms. The summed E-state index contributed by atoms with van der Waals surface area (Å²) in [5.74, 6) is -0.684. The van der Waals surface area contributed by atoms with Crippen LogP contribution in [0.5, 0.6) is 0 Å². The number of sulfonamides is 1. The highest BCUT2D eigenvalue weighted by Crippen LogP contribution is 2.19. The highest BCUT2D eigenvalue weighted by Gasteiger charge is 2.27. The molecular formula is C12H18FN3O3S. The minimum Gasteiger partial charge on any atom is -0.409 e. The maximum Gasteiger partial charge on any atom is 0.243 e. The second kappa shape index (κ2) is 6.67. The average molecular weight is 303 g/mol. The average Bonchev–Trinajstić information content (AvgIpc) is 2.37. The van der Waals surface area contributed by atoms with E-state index < -0.39 is 15.8 Å². The SMILES string of the molecule is CC(C)N(CCC(N)=NO)S(=O)(=O)c1cccc(F)c1. The van der Waals surface area contributed by atoms with Crippen molar-refractivity contribution >= 4 is 15.9 Å². The minimum absolute atomic E-state index is 0.0480. The van der Waals surface area contributed by atoms with Crippen LogP contribution in [-0.2, 0) is 10.0 Å². The lowest BCUT2D eigenvalue weighted by atomic mass is 10.3. The second-order valence-electron chi connectivity index (χ2n) is 4.51. The van der Waals surface area contributed by atoms with E-state index in [-0.39, 0.29) is 29.7 Å². The van der Waals surface area contributed by atoms with E-state index in [0.717, 1.165) is 6.07 Å². The van der Waals surface area contributed by atoms with Gasteiger partial charge in [-0.15, -0.1) is 0 Å². The Morgan fingerprint density at radius 2 is 2.15 bits per heavy atom. The van der Waals surface area contributed by atoms with Crippen molar-refractivity contribution in [2.24, 2.45) is 10.9 Å². The molecule has 0 saturated carbocycles. The summed E-state index contributed by atoms with van der Waals surface area (Å²) < 4.78 is 39.2. The molecule has 0 unspecified atom stereocenters. The number of hydrogen-bond donors (Lipinski definition) is 2. The first-order valence-corrected chi connectivity index (χ1v) is 7.47. The molecular weight excluding hydrogens is 285 g/mol. The van der Waals surface area contributed by atoms with Gasteiger partial charge in [0.2, 0.25) is 10.0 Å². The molecule has 3 N–H and O–H groups in total. The minimum atomic E-state index is -3.83. The van der Waals surface area contributed by atoms with Gasteiger partial charge in [0.1, 0.15) is 11.7 Å². The largest absolute Gasteiger partial charge is 0.409 e. The number of amidine groups is 1. The van der Waals surface area contributed by atoms with Crippen molar-refractivity contribution in [3.05, 3.63) is 30.1 Å². The van der Waals surface area contributed by atoms with Crippen LogP contribution in [0, 0.1) is 5.82 Å². The van der Waals surface area contributed by atoms with Crippen LogP contribution in [0.1, 0.15) is 20.3 Å². The van der Waals surface area contributed by atoms with Crippen molar-refractivity contribution < 1.29 is 18.0 Å². The smallest absolute Gasteiger partial charge is 0.243 e. The van der Waals surface area contributed by atoms with Crippen molar-refractivity contribution in [1.29, 1.82) is 0 Å². The monoisotopic (exact) mass is 303 g/mol. The fraction of sp³-hybridized carbons (Fsp3) is 0.417. The molecule has 1 aromatic carbocycles. The first-order chi connectivity index (χ1) is 9.28. The lowest BCUT2D eigenvalue weighted by molar-refractivity contribution is 0.313. The van der Waals surface area contributed by atoms with Crippen molar-refractivity contribution in [3.63, 3.8) is 0 Å². The number of halogens is 1. The third kappa shape index (κ3) is 3.91. The summed E-state index contributed by atoms with van der Waals surface area (Å²) in [6.07, 6.45) is 0.0865. The van der Waals surface area contributed by atoms with E-state index in [1.807, 2.05) is 0 Å². The molecule has 0 spiro atoms. The fourth-order valence-corrected chi connectivity index (χ4v) is 3.36. The number of nitrogens with zero attached hydrogens (tertiary/aromatic N) is 2. The summed E-state index contributed by atoms with van der Waals surface area (Å²) in [6, 6.07) is 4.47. The van der Waals surface area contributed by atoms with Crippen LogP contribution in [0.4, 0.5) is 4.39 Å². The summed E-state index contributed by atoms with van der Waals surface area (Å²) in [5.41, 5.74) is 5.35. The maximum absolute atomic E-state index is 13.2. The van der Waals surface area contributed by atoms with Crippen molar-refractivity contribution in [3.8, 4) is 0 Å². The van der Waals surface area contributed by atoms with E-state index in [1.54, 1.807) is 13.8 Å². The summed E-state index contributed by atoms with van der Waals surface area (Å²) in [6.45, 7) is 3.44. The second-order valence-corrected chi connectivity index (χ2v) is 6.40. The van der Waals surface area contributed by atoms with Crippen molar-refractivity contribution in [1.82, 2.24) is 4.31 Å². The highest BCUT2D eigenvalue weighted by atomic mass is 32.2. The highest BCUT2D eigenvalue weighted by molar-refractivity contribution is 7.89. The van der Waals surface area contributed by atoms with Crippen LogP contribution in [0.25, 0.3) is 0 Å². The Kier molecular flexibility index (Phi) is 5.46. The molecule has 0 aliphatic heterocycles. The molecule has 0 aliphatic carbocycles. The Bertz CT molecular complexity index is 587. The Morgan fingerprint density at radius 3 is 2.65 bits per heavy atom. The van der Waals surface area contributed by atoms with Gasteiger partial charge in [-0.25, -0.2) is 12.8 Å². The molecule has 0 aliphatic rings. The van der Waals surface area contributed by atoms with Gasteiger partial charge in [-0.1, -0.05) is 11.2 Å². The van der Waals surface area contributed by atoms with Gasteiger partial charge in [0.15, 0.2) is 0 Å². The Hall–Kier alpha value is -1.67. The van der Waals surface area contributed by atoms with E-state index in [0.29, 0.717) is 0 Å². The molecule has 112 valence electrons. The van der Waals surface area contributed by atoms with Crippen LogP contribution in [0.3, 0.4) is 0 Å². The predicted octanol–water partition coefficient (Wildman–Crippen LogP) is 1.36. The molecule has 0 heterocycles. The zero-order chi connectivity index (χ0) is 15.3. The van der Waals surface area contributed by atoms with Crippen LogP contribution in [-0.4, -0.2) is 36.4 Å². The maximum atomic E-state index is 13.2. The Morgan fingerprint density at radius 1 is 1.50 bits per heavy atom. The molecule has 0 fully saturated rings. The van der Waals surface area contributed by atoms with Crippen LogP contribution >= 0.6 is 0 Å². The topological polar surface area (TPSA) is 96.0 Å². The lowest BCUT2D eigenvalue weighted by Crippen LogP contribution is -2.39. The molecule has 6 nitrogen and oxygen atoms in total. The molecule has 0 bridgehead atoms. The normalized spacial score (nSPS) is 13.2. The van der Waals surface area contributed by atoms with E-state index in [9.17, 15) is 12.8 Å². The fourth-order valence-electron chi connectivity index (χ4n) is 1.69. The zero-order valence-corrected chi connectivity index (χ0v) is 12.1. The van der Waals surface area contributed by atoms with Crippen LogP contribution in [0.2, 0.25) is 0 Å². The van der Waals surface area contributed by atoms with Gasteiger partial charge < -0.3 is 10.9 Å². The molecule has 0 amide bonds. The molecule has 0 saturated heterocycles. The first kappa shape index (κ1) is 16.4. The Labute approximate surface area is 117 Å². The molecule has 0 atom stereocenters. The standard InChI is InChI=1S/C12H18FN3O3S/c1-9(2)16(7-6-12(14)15-17)20(18,19)11-5-3-4-10(13)8-11/h3-5,8-9,17H,6-7H2,1-2H3,(H2,14,15). The van der Waals surface area contributed by atoms with Crippen molar-refractivity contribution in [2.75, 3.05) is 6.54 Å². The quantitative estimate of drug-likeness (QED) is 0.359. The zero-order valence-electron chi connectivity index (χ0n) is 11.3. The van der Waals surface area contributed by atoms with E-state index in [2.05, 4.69) is 5.16 Å². The molecule has 0 aromatic heterocycles. The van der Waals surface area contributed by atoms with E-state index >= 15 is 0 Å². The van der Waals surface area contributed by atoms with Gasteiger partial charge in [-0.05, 0) is 32.0 Å². The van der Waals surface area contributed by atoms with Gasteiger partial charge in [0.25, 0.3) is 0 Å². The number of rotatable bonds is 6. The van der Waals surface area contributed by atoms with Crippen LogP contribution < -0.4 is 5.73 Å². The molecule has 1 rings (SSSR count). The van der Waals surface area contributed by atoms with Crippen molar-refractivity contribution in [2.45, 2.75) is 31.2 Å². The summed E-state index contributed by atoms with van der Waals surface area (Å²) >= 11 is 0. The van der Waals surface area contributed by atoms with E-state index in [1.165, 1.54) is 22.5 Å². The summed E-state index contributed by atoms with van der Waals surface area (Å²) in [4.78, 5) is -0.120. The number of benzene rings is 1. The summed E-state index contributed by atoms with van der Waals surface area (Å²) in [5, 5.41) is 11.3. The van der Waals surface area contributed by atoms with Gasteiger partial charge >= 0.3 is 0 Å². The predicted molar refractivity (Wildman–Crippen MR) is 73.5 cm³/mol. The first-order valence-electron chi connectivity index (χ1n) is 6.03. The molecule has 8 heteroatoms. The lowest BCUT2D eigenvalue weighted by Gasteiger charge is -2.25. The Balaban J connectivity index is 3.07. The molecule has 1 aromatic rings. The third-order valence-electron chi connectivity index (χ3n) is 2.70. The van der Waals surface area contributed by atoms with Crippen LogP contribution in [0.15, 0.2) is 34.3 Å². The van der Waals surface area contributed by atoms with Gasteiger partial charge in [-0.2, -0.15) is 4.31 Å². The number of nitrogens with two attached hydrogens (primary N) is 1. The van der Waals surface area contributed by atoms with Gasteiger partial charge in [0.05, 0.1) is 4.90 Å². The third-order valence-corrected chi connectivity index (χ3v) is 4.77. The van der Waals surface area contributed by atoms with Gasteiger partial charge in [-0.3, -0.25) is 0 Å². The summed E-state index contributed by atoms with van der Waals surface area (Å²) in [7, 11) is -3.83. The number of oxime groups is 1.